The van der Waals surface area contributed by atoms with E-state index in [1.165, 1.54) is 18.1 Å². The lowest BCUT2D eigenvalue weighted by Gasteiger charge is -2.22. The summed E-state index contributed by atoms with van der Waals surface area (Å²) in [6.45, 7) is 11.0. The molecular weight excluding hydrogens is 124 g/mol. The molecule has 0 fully saturated rings. The van der Waals surface area contributed by atoms with Crippen LogP contribution in [0.15, 0.2) is 0 Å². The van der Waals surface area contributed by atoms with Gasteiger partial charge in [-0.25, -0.2) is 0 Å². The summed E-state index contributed by atoms with van der Waals surface area (Å²) < 4.78 is 0. The Morgan fingerprint density at radius 1 is 1.22 bits per heavy atom. The van der Waals surface area contributed by atoms with E-state index in [1.54, 1.807) is 0 Å². The first-order valence-electron chi connectivity index (χ1n) is 3.97. The Balaban J connectivity index is 3.62. The fourth-order valence-corrected chi connectivity index (χ4v) is 3.09. The summed E-state index contributed by atoms with van der Waals surface area (Å²) in [5, 5.41) is 0. The second-order valence-corrected chi connectivity index (χ2v) is 8.66. The molecule has 0 aromatic carbocycles. The molecule has 0 aliphatic heterocycles. The van der Waals surface area contributed by atoms with Crippen molar-refractivity contribution in [3.63, 3.8) is 0 Å². The Hall–Kier alpha value is 0.217. The molecule has 0 saturated heterocycles. The van der Waals surface area contributed by atoms with Crippen LogP contribution in [0.25, 0.3) is 0 Å². The highest BCUT2D eigenvalue weighted by Crippen LogP contribution is 2.20. The van der Waals surface area contributed by atoms with Gasteiger partial charge >= 0.3 is 0 Å². The van der Waals surface area contributed by atoms with Gasteiger partial charge in [-0.2, -0.15) is 0 Å². The zero-order chi connectivity index (χ0) is 7.33. The highest BCUT2D eigenvalue weighted by Gasteiger charge is 2.19. The lowest BCUT2D eigenvalue weighted by atomic mass is 10.6. The molecule has 0 unspecified atom stereocenters. The largest absolute Gasteiger partial charge is 0.0692 e. The first-order valence-corrected chi connectivity index (χ1v) is 7.10. The van der Waals surface area contributed by atoms with Crippen LogP contribution in [0.5, 0.6) is 0 Å². The summed E-state index contributed by atoms with van der Waals surface area (Å²) in [6.07, 6.45) is 1.14. The average molecular weight is 143 g/mol. The highest BCUT2D eigenvalue weighted by atomic mass is 28.3. The molecule has 0 bridgehead atoms. The van der Waals surface area contributed by atoms with Crippen LogP contribution < -0.4 is 0 Å². The normalized spacial score (nSPS) is 12.0. The van der Waals surface area contributed by atoms with Gasteiger partial charge in [-0.05, 0) is 0 Å². The summed E-state index contributed by atoms with van der Waals surface area (Å²) in [5.41, 5.74) is 0. The monoisotopic (exact) mass is 143 g/mol. The predicted octanol–water partition coefficient (Wildman–Crippen LogP) is 3.33. The quantitative estimate of drug-likeness (QED) is 0.530. The molecule has 0 spiro atoms. The van der Waals surface area contributed by atoms with E-state index in [0.717, 1.165) is 6.42 Å². The van der Waals surface area contributed by atoms with Gasteiger partial charge < -0.3 is 0 Å². The summed E-state index contributed by atoms with van der Waals surface area (Å²) in [4.78, 5) is 0. The van der Waals surface area contributed by atoms with Crippen LogP contribution in [0.4, 0.5) is 0 Å². The zero-order valence-corrected chi connectivity index (χ0v) is 8.04. The lowest BCUT2D eigenvalue weighted by molar-refractivity contribution is 1.09. The van der Waals surface area contributed by atoms with E-state index >= 15 is 0 Å². The molecule has 0 rings (SSSR count). The first kappa shape index (κ1) is 9.22. The van der Waals surface area contributed by atoms with Crippen molar-refractivity contribution in [3.05, 3.63) is 6.92 Å². The molecule has 0 atom stereocenters. The second-order valence-electron chi connectivity index (χ2n) is 3.12. The van der Waals surface area contributed by atoms with Crippen LogP contribution >= 0.6 is 0 Å². The Kier molecular flexibility index (Phi) is 4.20. The van der Waals surface area contributed by atoms with Gasteiger partial charge in [0.2, 0.25) is 0 Å². The fraction of sp³-hybridized carbons (Fsp3) is 0.875. The van der Waals surface area contributed by atoms with Crippen molar-refractivity contribution >= 4 is 8.07 Å². The van der Waals surface area contributed by atoms with Crippen molar-refractivity contribution in [3.8, 4) is 0 Å². The van der Waals surface area contributed by atoms with Gasteiger partial charge in [0.15, 0.2) is 0 Å². The van der Waals surface area contributed by atoms with Crippen molar-refractivity contribution in [2.75, 3.05) is 0 Å². The van der Waals surface area contributed by atoms with Gasteiger partial charge in [-0.1, -0.05) is 51.9 Å². The third kappa shape index (κ3) is 3.04. The highest BCUT2D eigenvalue weighted by molar-refractivity contribution is 6.78. The number of hydrogen-bond donors (Lipinski definition) is 0. The third-order valence-corrected chi connectivity index (χ3v) is 7.46. The molecule has 55 valence electrons. The van der Waals surface area contributed by atoms with Crippen LogP contribution in [0.1, 0.15) is 20.3 Å². The van der Waals surface area contributed by atoms with E-state index < -0.39 is 8.07 Å². The average Bonchev–Trinajstić information content (AvgIpc) is 1.89. The van der Waals surface area contributed by atoms with E-state index in [4.69, 9.17) is 0 Å². The SMILES string of the molecule is [CH2]CC[Si](C)(CC)CC. The Bertz CT molecular complexity index is 65.0. The maximum atomic E-state index is 3.90. The molecule has 0 aromatic rings. The second kappa shape index (κ2) is 4.10. The predicted molar refractivity (Wildman–Crippen MR) is 47.4 cm³/mol. The van der Waals surface area contributed by atoms with Gasteiger partial charge in [0.1, 0.15) is 0 Å². The minimum Gasteiger partial charge on any atom is -0.0692 e. The summed E-state index contributed by atoms with van der Waals surface area (Å²) in [7, 11) is -0.760. The number of hydrogen-bond acceptors (Lipinski definition) is 0. The Morgan fingerprint density at radius 2 is 1.67 bits per heavy atom. The molecule has 1 heteroatoms. The Labute approximate surface area is 60.7 Å². The zero-order valence-electron chi connectivity index (χ0n) is 7.04. The van der Waals surface area contributed by atoms with Gasteiger partial charge in [0.05, 0.1) is 0 Å². The molecular formula is C8H19Si. The molecule has 0 nitrogen and oxygen atoms in total. The van der Waals surface area contributed by atoms with Gasteiger partial charge in [0, 0.05) is 8.07 Å². The smallest absolute Gasteiger partial charge is 0.0499 e. The molecule has 0 saturated carbocycles. The van der Waals surface area contributed by atoms with Crippen LogP contribution in [-0.4, -0.2) is 8.07 Å². The maximum Gasteiger partial charge on any atom is 0.0499 e. The van der Waals surface area contributed by atoms with Crippen molar-refractivity contribution in [2.45, 2.75) is 44.9 Å². The van der Waals surface area contributed by atoms with Crippen LogP contribution in [0.2, 0.25) is 24.7 Å². The molecule has 0 aromatic heterocycles. The third-order valence-electron chi connectivity index (χ3n) is 2.49. The topological polar surface area (TPSA) is 0 Å². The van der Waals surface area contributed by atoms with Crippen molar-refractivity contribution in [1.82, 2.24) is 0 Å². The standard InChI is InChI=1S/C8H19Si/c1-5-8-9(4,6-2)7-3/h1,5-8H2,2-4H3. The molecule has 0 N–H and O–H groups in total. The van der Waals surface area contributed by atoms with Crippen LogP contribution in [-0.2, 0) is 0 Å². The van der Waals surface area contributed by atoms with Crippen molar-refractivity contribution < 1.29 is 0 Å². The van der Waals surface area contributed by atoms with Crippen molar-refractivity contribution in [1.29, 1.82) is 0 Å². The fourth-order valence-electron chi connectivity index (χ4n) is 1.03. The minimum absolute atomic E-state index is 0.760. The lowest BCUT2D eigenvalue weighted by Crippen LogP contribution is -2.26. The molecule has 0 aliphatic carbocycles. The summed E-state index contributed by atoms with van der Waals surface area (Å²) in [5.74, 6) is 0. The summed E-state index contributed by atoms with van der Waals surface area (Å²) in [6, 6.07) is 4.28. The summed E-state index contributed by atoms with van der Waals surface area (Å²) >= 11 is 0. The number of rotatable bonds is 4. The maximum absolute atomic E-state index is 3.90. The van der Waals surface area contributed by atoms with E-state index in [0.29, 0.717) is 0 Å². The van der Waals surface area contributed by atoms with Gasteiger partial charge in [0.25, 0.3) is 0 Å². The van der Waals surface area contributed by atoms with Gasteiger partial charge in [-0.15, -0.1) is 0 Å². The Morgan fingerprint density at radius 3 is 1.78 bits per heavy atom. The van der Waals surface area contributed by atoms with Crippen LogP contribution in [0.3, 0.4) is 0 Å². The van der Waals surface area contributed by atoms with E-state index in [2.05, 4.69) is 27.3 Å². The molecule has 0 aliphatic rings. The molecule has 0 heterocycles. The van der Waals surface area contributed by atoms with E-state index in [-0.39, 0.29) is 0 Å². The van der Waals surface area contributed by atoms with E-state index in [9.17, 15) is 0 Å². The van der Waals surface area contributed by atoms with Gasteiger partial charge in [-0.3, -0.25) is 0 Å². The molecule has 1 radical (unpaired) electrons. The van der Waals surface area contributed by atoms with E-state index in [1.807, 2.05) is 0 Å². The van der Waals surface area contributed by atoms with Crippen LogP contribution in [0, 0.1) is 6.92 Å². The van der Waals surface area contributed by atoms with Crippen molar-refractivity contribution in [2.24, 2.45) is 0 Å². The minimum atomic E-state index is -0.760. The first-order chi connectivity index (χ1) is 4.18. The molecule has 0 amide bonds. The molecule has 9 heavy (non-hydrogen) atoms.